The van der Waals surface area contributed by atoms with Gasteiger partial charge in [0.15, 0.2) is 0 Å². The molecular weight excluding hydrogens is 188 g/mol. The summed E-state index contributed by atoms with van der Waals surface area (Å²) in [4.78, 5) is 0. The Balaban J connectivity index is 2.25. The highest BCUT2D eigenvalue weighted by atomic mass is 16.5. The first-order valence-corrected chi connectivity index (χ1v) is 5.31. The van der Waals surface area contributed by atoms with Crippen LogP contribution >= 0.6 is 0 Å². The van der Waals surface area contributed by atoms with Gasteiger partial charge in [-0.1, -0.05) is 17.3 Å². The fraction of sp³-hybridized carbons (Fsp3) is 0.417. The molecule has 1 heterocycles. The van der Waals surface area contributed by atoms with E-state index in [1.54, 1.807) is 0 Å². The summed E-state index contributed by atoms with van der Waals surface area (Å²) in [6, 6.07) is 6.19. The van der Waals surface area contributed by atoms with E-state index >= 15 is 0 Å². The topological polar surface area (TPSA) is 38.1 Å². The smallest absolute Gasteiger partial charge is 0.144 e. The maximum Gasteiger partial charge on any atom is 0.144 e. The van der Waals surface area contributed by atoms with Crippen molar-refractivity contribution in [2.75, 3.05) is 13.6 Å². The molecule has 80 valence electrons. The second kappa shape index (κ2) is 4.45. The molecule has 0 unspecified atom stereocenters. The molecule has 0 radical (unpaired) electrons. The summed E-state index contributed by atoms with van der Waals surface area (Å²) in [6.07, 6.45) is 2.02. The van der Waals surface area contributed by atoms with E-state index in [1.165, 1.54) is 5.56 Å². The molecule has 2 aromatic rings. The van der Waals surface area contributed by atoms with Gasteiger partial charge in [0.2, 0.25) is 0 Å². The Kier molecular flexibility index (Phi) is 3.02. The quantitative estimate of drug-likeness (QED) is 0.776. The summed E-state index contributed by atoms with van der Waals surface area (Å²) >= 11 is 0. The zero-order valence-electron chi connectivity index (χ0n) is 9.21. The van der Waals surface area contributed by atoms with Crippen LogP contribution < -0.4 is 5.32 Å². The van der Waals surface area contributed by atoms with Crippen LogP contribution in [0.5, 0.6) is 0 Å². The zero-order valence-corrected chi connectivity index (χ0v) is 9.21. The van der Waals surface area contributed by atoms with E-state index in [4.69, 9.17) is 4.52 Å². The molecule has 0 saturated carbocycles. The van der Waals surface area contributed by atoms with E-state index in [-0.39, 0.29) is 0 Å². The highest BCUT2D eigenvalue weighted by molar-refractivity contribution is 5.83. The first-order chi connectivity index (χ1) is 7.33. The number of aromatic nitrogens is 1. The van der Waals surface area contributed by atoms with Crippen molar-refractivity contribution in [2.45, 2.75) is 19.8 Å². The molecule has 15 heavy (non-hydrogen) atoms. The summed E-state index contributed by atoms with van der Waals surface area (Å²) in [5, 5.41) is 8.39. The molecular formula is C12H16N2O. The number of nitrogens with one attached hydrogen (secondary N) is 1. The standard InChI is InChI=1S/C12H16N2O/c1-9-5-3-6-10-11(7-4-8-13-2)15-14-12(9)10/h3,5-6,13H,4,7-8H2,1-2H3. The van der Waals surface area contributed by atoms with Crippen molar-refractivity contribution in [1.82, 2.24) is 10.5 Å². The van der Waals surface area contributed by atoms with Gasteiger partial charge in [0.1, 0.15) is 11.3 Å². The summed E-state index contributed by atoms with van der Waals surface area (Å²) in [5.41, 5.74) is 2.17. The Bertz CT molecular complexity index is 448. The second-order valence-corrected chi connectivity index (χ2v) is 3.78. The van der Waals surface area contributed by atoms with Gasteiger partial charge in [0.05, 0.1) is 0 Å². The predicted molar refractivity (Wildman–Crippen MR) is 61.0 cm³/mol. The first kappa shape index (κ1) is 10.2. The Labute approximate surface area is 89.5 Å². The SMILES string of the molecule is CNCCCc1onc2c(C)cccc12. The lowest BCUT2D eigenvalue weighted by Gasteiger charge is -1.97. The second-order valence-electron chi connectivity index (χ2n) is 3.78. The van der Waals surface area contributed by atoms with Crippen molar-refractivity contribution < 1.29 is 4.52 Å². The number of rotatable bonds is 4. The van der Waals surface area contributed by atoms with Gasteiger partial charge in [-0.15, -0.1) is 0 Å². The van der Waals surface area contributed by atoms with Crippen molar-refractivity contribution in [3.8, 4) is 0 Å². The van der Waals surface area contributed by atoms with Gasteiger partial charge in [-0.3, -0.25) is 0 Å². The maximum absolute atomic E-state index is 5.36. The number of benzene rings is 1. The van der Waals surface area contributed by atoms with Gasteiger partial charge in [-0.2, -0.15) is 0 Å². The van der Waals surface area contributed by atoms with E-state index in [9.17, 15) is 0 Å². The van der Waals surface area contributed by atoms with Crippen LogP contribution in [-0.2, 0) is 6.42 Å². The van der Waals surface area contributed by atoms with Crippen LogP contribution in [-0.4, -0.2) is 18.7 Å². The lowest BCUT2D eigenvalue weighted by molar-refractivity contribution is 0.387. The summed E-state index contributed by atoms with van der Waals surface area (Å²) in [7, 11) is 1.96. The average Bonchev–Trinajstić information content (AvgIpc) is 2.64. The van der Waals surface area contributed by atoms with Crippen LogP contribution in [0.1, 0.15) is 17.7 Å². The van der Waals surface area contributed by atoms with E-state index in [0.717, 1.165) is 36.0 Å². The van der Waals surface area contributed by atoms with Crippen molar-refractivity contribution in [2.24, 2.45) is 0 Å². The van der Waals surface area contributed by atoms with Crippen LogP contribution in [0.15, 0.2) is 22.7 Å². The molecule has 0 spiro atoms. The molecule has 0 aliphatic carbocycles. The highest BCUT2D eigenvalue weighted by Crippen LogP contribution is 2.21. The van der Waals surface area contributed by atoms with Crippen LogP contribution in [0.2, 0.25) is 0 Å². The van der Waals surface area contributed by atoms with Crippen LogP contribution in [0, 0.1) is 6.92 Å². The normalized spacial score (nSPS) is 11.1. The molecule has 1 aromatic heterocycles. The molecule has 0 fully saturated rings. The fourth-order valence-electron chi connectivity index (χ4n) is 1.76. The molecule has 0 amide bonds. The van der Waals surface area contributed by atoms with E-state index in [1.807, 2.05) is 7.05 Å². The van der Waals surface area contributed by atoms with Crippen LogP contribution in [0.3, 0.4) is 0 Å². The first-order valence-electron chi connectivity index (χ1n) is 5.31. The van der Waals surface area contributed by atoms with Crippen LogP contribution in [0.4, 0.5) is 0 Å². The van der Waals surface area contributed by atoms with Crippen molar-refractivity contribution in [1.29, 1.82) is 0 Å². The van der Waals surface area contributed by atoms with Gasteiger partial charge >= 0.3 is 0 Å². The molecule has 0 bridgehead atoms. The van der Waals surface area contributed by atoms with E-state index in [0.29, 0.717) is 0 Å². The summed E-state index contributed by atoms with van der Waals surface area (Å²) < 4.78 is 5.36. The van der Waals surface area contributed by atoms with Gasteiger partial charge in [-0.25, -0.2) is 0 Å². The molecule has 2 rings (SSSR count). The van der Waals surface area contributed by atoms with Gasteiger partial charge in [0.25, 0.3) is 0 Å². The fourth-order valence-corrected chi connectivity index (χ4v) is 1.76. The lowest BCUT2D eigenvalue weighted by Crippen LogP contribution is -2.08. The molecule has 1 N–H and O–H groups in total. The third-order valence-electron chi connectivity index (χ3n) is 2.62. The summed E-state index contributed by atoms with van der Waals surface area (Å²) in [6.45, 7) is 3.07. The van der Waals surface area contributed by atoms with E-state index < -0.39 is 0 Å². The summed E-state index contributed by atoms with van der Waals surface area (Å²) in [5.74, 6) is 1.00. The molecule has 3 nitrogen and oxygen atoms in total. The third kappa shape index (κ3) is 2.02. The largest absolute Gasteiger partial charge is 0.360 e. The minimum absolute atomic E-state index is 0.945. The monoisotopic (exact) mass is 204 g/mol. The van der Waals surface area contributed by atoms with Crippen LogP contribution in [0.25, 0.3) is 10.9 Å². The predicted octanol–water partition coefficient (Wildman–Crippen LogP) is 2.29. The lowest BCUT2D eigenvalue weighted by atomic mass is 10.1. The number of nitrogens with zero attached hydrogens (tertiary/aromatic N) is 1. The molecule has 3 heteroatoms. The number of fused-ring (bicyclic) bond motifs is 1. The number of aryl methyl sites for hydroxylation is 2. The zero-order chi connectivity index (χ0) is 10.7. The number of hydrogen-bond acceptors (Lipinski definition) is 3. The number of hydrogen-bond donors (Lipinski definition) is 1. The van der Waals surface area contributed by atoms with Crippen molar-refractivity contribution >= 4 is 10.9 Å². The minimum Gasteiger partial charge on any atom is -0.360 e. The van der Waals surface area contributed by atoms with Gasteiger partial charge < -0.3 is 9.84 Å². The Hall–Kier alpha value is -1.35. The Morgan fingerprint density at radius 3 is 3.07 bits per heavy atom. The van der Waals surface area contributed by atoms with Gasteiger partial charge in [-0.05, 0) is 38.6 Å². The van der Waals surface area contributed by atoms with Gasteiger partial charge in [0, 0.05) is 11.8 Å². The van der Waals surface area contributed by atoms with Crippen molar-refractivity contribution in [3.05, 3.63) is 29.5 Å². The molecule has 0 atom stereocenters. The van der Waals surface area contributed by atoms with E-state index in [2.05, 4.69) is 35.6 Å². The highest BCUT2D eigenvalue weighted by Gasteiger charge is 2.08. The molecule has 0 aliphatic heterocycles. The van der Waals surface area contributed by atoms with Crippen molar-refractivity contribution in [3.63, 3.8) is 0 Å². The molecule has 0 saturated heterocycles. The molecule has 0 aliphatic rings. The Morgan fingerprint density at radius 1 is 1.40 bits per heavy atom. The minimum atomic E-state index is 0.945. The Morgan fingerprint density at radius 2 is 2.27 bits per heavy atom. The average molecular weight is 204 g/mol. The maximum atomic E-state index is 5.36. The molecule has 1 aromatic carbocycles. The third-order valence-corrected chi connectivity index (χ3v) is 2.62.